The molecule has 1 aromatic carbocycles. The topological polar surface area (TPSA) is 20.2 Å². The van der Waals surface area contributed by atoms with E-state index in [0.29, 0.717) is 0 Å². The van der Waals surface area contributed by atoms with Gasteiger partial charge < -0.3 is 5.11 Å². The smallest absolute Gasteiger partial charge is 0.0682 e. The van der Waals surface area contributed by atoms with Crippen LogP contribution in [0.4, 0.5) is 0 Å². The monoisotopic (exact) mass is 256 g/mol. The van der Waals surface area contributed by atoms with E-state index in [-0.39, 0.29) is 0 Å². The van der Waals surface area contributed by atoms with Gasteiger partial charge in [0.2, 0.25) is 0 Å². The SMILES string of the molecule is CCC(O)(CC)Cc1cccc(Br)c1. The maximum atomic E-state index is 10.2. The Bertz CT molecular complexity index is 292. The van der Waals surface area contributed by atoms with E-state index in [2.05, 4.69) is 28.1 Å². The molecule has 14 heavy (non-hydrogen) atoms. The largest absolute Gasteiger partial charge is 0.390 e. The Labute approximate surface area is 94.3 Å². The van der Waals surface area contributed by atoms with E-state index in [1.54, 1.807) is 0 Å². The van der Waals surface area contributed by atoms with Crippen LogP contribution < -0.4 is 0 Å². The maximum Gasteiger partial charge on any atom is 0.0682 e. The lowest BCUT2D eigenvalue weighted by atomic mass is 9.90. The highest BCUT2D eigenvalue weighted by atomic mass is 79.9. The van der Waals surface area contributed by atoms with Crippen LogP contribution in [0.3, 0.4) is 0 Å². The van der Waals surface area contributed by atoms with Crippen molar-refractivity contribution in [2.75, 3.05) is 0 Å². The van der Waals surface area contributed by atoms with Crippen molar-refractivity contribution in [1.29, 1.82) is 0 Å². The molecule has 0 fully saturated rings. The molecule has 0 saturated heterocycles. The highest BCUT2D eigenvalue weighted by Crippen LogP contribution is 2.22. The minimum absolute atomic E-state index is 0.541. The fourth-order valence-corrected chi connectivity index (χ4v) is 1.97. The van der Waals surface area contributed by atoms with Crippen molar-refractivity contribution < 1.29 is 5.11 Å². The quantitative estimate of drug-likeness (QED) is 0.874. The van der Waals surface area contributed by atoms with Crippen molar-refractivity contribution in [3.8, 4) is 0 Å². The van der Waals surface area contributed by atoms with Gasteiger partial charge in [0.25, 0.3) is 0 Å². The Morgan fingerprint density at radius 3 is 2.43 bits per heavy atom. The molecule has 1 aromatic rings. The lowest BCUT2D eigenvalue weighted by Gasteiger charge is -2.25. The van der Waals surface area contributed by atoms with E-state index in [0.717, 1.165) is 23.7 Å². The van der Waals surface area contributed by atoms with Crippen LogP contribution in [0.1, 0.15) is 32.3 Å². The molecule has 1 rings (SSSR count). The van der Waals surface area contributed by atoms with Crippen LogP contribution in [-0.4, -0.2) is 10.7 Å². The van der Waals surface area contributed by atoms with Gasteiger partial charge in [0.1, 0.15) is 0 Å². The lowest BCUT2D eigenvalue weighted by Crippen LogP contribution is -2.29. The summed E-state index contributed by atoms with van der Waals surface area (Å²) in [6.07, 6.45) is 2.34. The first-order valence-electron chi connectivity index (χ1n) is 5.06. The zero-order valence-corrected chi connectivity index (χ0v) is 10.3. The minimum Gasteiger partial charge on any atom is -0.390 e. The average Bonchev–Trinajstić information content (AvgIpc) is 2.18. The molecule has 0 aliphatic rings. The van der Waals surface area contributed by atoms with Gasteiger partial charge in [-0.1, -0.05) is 41.9 Å². The summed E-state index contributed by atoms with van der Waals surface area (Å²) in [5.74, 6) is 0. The molecule has 0 bridgehead atoms. The number of hydrogen-bond acceptors (Lipinski definition) is 1. The molecule has 1 N–H and O–H groups in total. The zero-order valence-electron chi connectivity index (χ0n) is 8.76. The molecular weight excluding hydrogens is 240 g/mol. The molecule has 1 nitrogen and oxygen atoms in total. The number of hydrogen-bond donors (Lipinski definition) is 1. The second-order valence-corrected chi connectivity index (χ2v) is 4.65. The number of benzene rings is 1. The molecule has 0 spiro atoms. The first-order valence-corrected chi connectivity index (χ1v) is 5.86. The lowest BCUT2D eigenvalue weighted by molar-refractivity contribution is 0.0326. The van der Waals surface area contributed by atoms with E-state index in [1.165, 1.54) is 5.56 Å². The minimum atomic E-state index is -0.541. The highest BCUT2D eigenvalue weighted by Gasteiger charge is 2.22. The van der Waals surface area contributed by atoms with Gasteiger partial charge in [-0.25, -0.2) is 0 Å². The van der Waals surface area contributed by atoms with Crippen LogP contribution >= 0.6 is 15.9 Å². The Hall–Kier alpha value is -0.340. The summed E-state index contributed by atoms with van der Waals surface area (Å²) in [4.78, 5) is 0. The van der Waals surface area contributed by atoms with Gasteiger partial charge in [0.05, 0.1) is 5.60 Å². The van der Waals surface area contributed by atoms with Crippen molar-refractivity contribution in [2.24, 2.45) is 0 Å². The summed E-state index contributed by atoms with van der Waals surface area (Å²) < 4.78 is 1.07. The summed E-state index contributed by atoms with van der Waals surface area (Å²) in [6.45, 7) is 4.06. The summed E-state index contributed by atoms with van der Waals surface area (Å²) >= 11 is 3.43. The number of halogens is 1. The van der Waals surface area contributed by atoms with Crippen molar-refractivity contribution in [3.63, 3.8) is 0 Å². The predicted molar refractivity (Wildman–Crippen MR) is 63.4 cm³/mol. The van der Waals surface area contributed by atoms with Crippen LogP contribution in [-0.2, 0) is 6.42 Å². The molecule has 0 aliphatic heterocycles. The predicted octanol–water partition coefficient (Wildman–Crippen LogP) is 3.54. The Balaban J connectivity index is 2.77. The van der Waals surface area contributed by atoms with E-state index in [4.69, 9.17) is 0 Å². The van der Waals surface area contributed by atoms with Gasteiger partial charge >= 0.3 is 0 Å². The van der Waals surface area contributed by atoms with Gasteiger partial charge in [0, 0.05) is 10.9 Å². The van der Waals surface area contributed by atoms with Gasteiger partial charge in [-0.15, -0.1) is 0 Å². The summed E-state index contributed by atoms with van der Waals surface area (Å²) in [6, 6.07) is 8.13. The first kappa shape index (κ1) is 11.7. The Kier molecular flexibility index (Phi) is 4.14. The molecule has 0 atom stereocenters. The molecule has 0 aromatic heterocycles. The molecule has 0 heterocycles. The van der Waals surface area contributed by atoms with Crippen LogP contribution in [0.5, 0.6) is 0 Å². The molecule has 78 valence electrons. The standard InChI is InChI=1S/C12H17BrO/c1-3-12(14,4-2)9-10-6-5-7-11(13)8-10/h5-8,14H,3-4,9H2,1-2H3. The third kappa shape index (κ3) is 3.10. The van der Waals surface area contributed by atoms with Gasteiger partial charge in [-0.05, 0) is 30.5 Å². The van der Waals surface area contributed by atoms with Gasteiger partial charge in [-0.2, -0.15) is 0 Å². The average molecular weight is 257 g/mol. The van der Waals surface area contributed by atoms with Crippen molar-refractivity contribution >= 4 is 15.9 Å². The number of aliphatic hydroxyl groups is 1. The molecule has 0 saturated carbocycles. The fraction of sp³-hybridized carbons (Fsp3) is 0.500. The normalized spacial score (nSPS) is 11.7. The Morgan fingerprint density at radius 2 is 1.93 bits per heavy atom. The van der Waals surface area contributed by atoms with Crippen LogP contribution in [0.15, 0.2) is 28.7 Å². The number of rotatable bonds is 4. The second kappa shape index (κ2) is 4.94. The molecule has 0 aliphatic carbocycles. The van der Waals surface area contributed by atoms with E-state index >= 15 is 0 Å². The van der Waals surface area contributed by atoms with E-state index < -0.39 is 5.60 Å². The summed E-state index contributed by atoms with van der Waals surface area (Å²) in [5.41, 5.74) is 0.645. The molecule has 0 amide bonds. The first-order chi connectivity index (χ1) is 6.59. The van der Waals surface area contributed by atoms with E-state index in [9.17, 15) is 5.11 Å². The highest BCUT2D eigenvalue weighted by molar-refractivity contribution is 9.10. The second-order valence-electron chi connectivity index (χ2n) is 3.74. The van der Waals surface area contributed by atoms with Gasteiger partial charge in [0.15, 0.2) is 0 Å². The Morgan fingerprint density at radius 1 is 1.29 bits per heavy atom. The van der Waals surface area contributed by atoms with Crippen LogP contribution in [0.25, 0.3) is 0 Å². The molecule has 0 unspecified atom stereocenters. The molecule has 2 heteroatoms. The van der Waals surface area contributed by atoms with Gasteiger partial charge in [-0.3, -0.25) is 0 Å². The molecular formula is C12H17BrO. The zero-order chi connectivity index (χ0) is 10.6. The summed E-state index contributed by atoms with van der Waals surface area (Å²) in [7, 11) is 0. The van der Waals surface area contributed by atoms with Crippen molar-refractivity contribution in [1.82, 2.24) is 0 Å². The summed E-state index contributed by atoms with van der Waals surface area (Å²) in [5, 5.41) is 10.2. The maximum absolute atomic E-state index is 10.2. The third-order valence-electron chi connectivity index (χ3n) is 2.74. The van der Waals surface area contributed by atoms with Crippen LogP contribution in [0, 0.1) is 0 Å². The van der Waals surface area contributed by atoms with Crippen molar-refractivity contribution in [2.45, 2.75) is 38.7 Å². The van der Waals surface area contributed by atoms with E-state index in [1.807, 2.05) is 26.0 Å². The van der Waals surface area contributed by atoms with Crippen molar-refractivity contribution in [3.05, 3.63) is 34.3 Å². The third-order valence-corrected chi connectivity index (χ3v) is 3.23. The fourth-order valence-electron chi connectivity index (χ4n) is 1.53. The molecule has 0 radical (unpaired) electrons. The van der Waals surface area contributed by atoms with Crippen LogP contribution in [0.2, 0.25) is 0 Å².